The molecule has 0 fully saturated rings. The number of amides is 1. The highest BCUT2D eigenvalue weighted by Crippen LogP contribution is 2.27. The normalized spacial score (nSPS) is 15.1. The van der Waals surface area contributed by atoms with Crippen molar-refractivity contribution in [2.24, 2.45) is 0 Å². The maximum absolute atomic E-state index is 11.8. The highest BCUT2D eigenvalue weighted by atomic mass is 16.5. The fourth-order valence-corrected chi connectivity index (χ4v) is 2.67. The van der Waals surface area contributed by atoms with E-state index in [0.29, 0.717) is 26.1 Å². The van der Waals surface area contributed by atoms with E-state index in [-0.39, 0.29) is 5.91 Å². The number of aromatic nitrogens is 3. The van der Waals surface area contributed by atoms with E-state index in [2.05, 4.69) is 20.7 Å². The Morgan fingerprint density at radius 1 is 1.17 bits per heavy atom. The molecule has 7 heteroatoms. The summed E-state index contributed by atoms with van der Waals surface area (Å²) < 4.78 is 7.44. The third-order valence-corrected chi connectivity index (χ3v) is 3.87. The van der Waals surface area contributed by atoms with Gasteiger partial charge in [0.05, 0.1) is 19.2 Å². The maximum Gasteiger partial charge on any atom is 0.223 e. The molecule has 4 rings (SSSR count). The van der Waals surface area contributed by atoms with Crippen molar-refractivity contribution in [1.29, 1.82) is 0 Å². The van der Waals surface area contributed by atoms with Gasteiger partial charge in [-0.25, -0.2) is 9.50 Å². The highest BCUT2D eigenvalue weighted by Gasteiger charge is 2.11. The van der Waals surface area contributed by atoms with Gasteiger partial charge in [0, 0.05) is 24.8 Å². The van der Waals surface area contributed by atoms with E-state index in [1.54, 1.807) is 10.7 Å². The Bertz CT molecular complexity index is 890. The van der Waals surface area contributed by atoms with Crippen LogP contribution in [0.4, 0.5) is 5.82 Å². The topological polar surface area (TPSA) is 80.5 Å². The van der Waals surface area contributed by atoms with Gasteiger partial charge in [0.25, 0.3) is 0 Å². The first-order valence-electron chi connectivity index (χ1n) is 7.88. The molecular weight excluding hydrogens is 306 g/mol. The zero-order valence-electron chi connectivity index (χ0n) is 13.0. The van der Waals surface area contributed by atoms with E-state index >= 15 is 0 Å². The van der Waals surface area contributed by atoms with E-state index in [1.807, 2.05) is 36.5 Å². The van der Waals surface area contributed by atoms with Crippen molar-refractivity contribution in [2.45, 2.75) is 6.42 Å². The number of hydrogen-bond donors (Lipinski definition) is 2. The summed E-state index contributed by atoms with van der Waals surface area (Å²) in [5.74, 6) is 1.45. The number of nitrogens with one attached hydrogen (secondary N) is 2. The van der Waals surface area contributed by atoms with Crippen LogP contribution in [0.25, 0.3) is 16.8 Å². The molecule has 1 aliphatic heterocycles. The van der Waals surface area contributed by atoms with Crippen LogP contribution in [0.3, 0.4) is 0 Å². The second kappa shape index (κ2) is 6.19. The van der Waals surface area contributed by atoms with Gasteiger partial charge in [0.1, 0.15) is 11.6 Å². The van der Waals surface area contributed by atoms with Crippen molar-refractivity contribution in [1.82, 2.24) is 19.9 Å². The van der Waals surface area contributed by atoms with E-state index in [1.165, 1.54) is 0 Å². The smallest absolute Gasteiger partial charge is 0.223 e. The van der Waals surface area contributed by atoms with Crippen LogP contribution in [0.1, 0.15) is 6.42 Å². The molecule has 3 aromatic rings. The molecule has 0 aliphatic carbocycles. The maximum atomic E-state index is 11.8. The number of rotatable bonds is 0. The zero-order chi connectivity index (χ0) is 16.4. The lowest BCUT2D eigenvalue weighted by atomic mass is 10.1. The molecule has 122 valence electrons. The molecule has 1 amide bonds. The number of nitrogens with zero attached hydrogens (tertiary/aromatic N) is 3. The number of anilines is 1. The molecule has 7 nitrogen and oxygen atoms in total. The Morgan fingerprint density at radius 3 is 3.04 bits per heavy atom. The van der Waals surface area contributed by atoms with Crippen molar-refractivity contribution >= 4 is 17.4 Å². The third kappa shape index (κ3) is 2.88. The summed E-state index contributed by atoms with van der Waals surface area (Å²) in [5.41, 5.74) is 2.69. The standard InChI is InChI=1S/C17H17N5O2/c23-16-5-9-24-13-3-1-2-12(10-13)14-11-20-22-8-4-15(21-17(14)22)18-6-7-19-16/h1-4,8,10-11H,5-7,9H2,(H,18,21)(H,19,23). The van der Waals surface area contributed by atoms with Crippen molar-refractivity contribution in [3.63, 3.8) is 0 Å². The first kappa shape index (κ1) is 14.5. The molecule has 0 radical (unpaired) electrons. The average Bonchev–Trinajstić information content (AvgIpc) is 3.01. The van der Waals surface area contributed by atoms with Gasteiger partial charge in [-0.2, -0.15) is 5.10 Å². The van der Waals surface area contributed by atoms with Gasteiger partial charge in [-0.1, -0.05) is 12.1 Å². The molecule has 2 aromatic heterocycles. The number of carbonyl (C=O) groups excluding carboxylic acids is 1. The largest absolute Gasteiger partial charge is 0.493 e. The van der Waals surface area contributed by atoms with Crippen molar-refractivity contribution in [2.75, 3.05) is 25.0 Å². The highest BCUT2D eigenvalue weighted by molar-refractivity contribution is 5.78. The van der Waals surface area contributed by atoms with Crippen LogP contribution in [0.5, 0.6) is 5.75 Å². The molecule has 0 spiro atoms. The van der Waals surface area contributed by atoms with E-state index < -0.39 is 0 Å². The molecule has 3 heterocycles. The van der Waals surface area contributed by atoms with E-state index in [4.69, 9.17) is 4.74 Å². The van der Waals surface area contributed by atoms with Crippen LogP contribution in [0.2, 0.25) is 0 Å². The quantitative estimate of drug-likeness (QED) is 0.658. The van der Waals surface area contributed by atoms with Crippen molar-refractivity contribution in [3.8, 4) is 16.9 Å². The predicted octanol–water partition coefficient (Wildman–Crippen LogP) is 1.71. The van der Waals surface area contributed by atoms with Crippen LogP contribution >= 0.6 is 0 Å². The van der Waals surface area contributed by atoms with Crippen molar-refractivity contribution < 1.29 is 9.53 Å². The minimum Gasteiger partial charge on any atom is -0.493 e. The second-order valence-electron chi connectivity index (χ2n) is 5.54. The minimum atomic E-state index is -0.0251. The van der Waals surface area contributed by atoms with Crippen LogP contribution in [-0.4, -0.2) is 40.2 Å². The average molecular weight is 323 g/mol. The first-order chi connectivity index (χ1) is 11.8. The second-order valence-corrected chi connectivity index (χ2v) is 5.54. The summed E-state index contributed by atoms with van der Waals surface area (Å²) in [4.78, 5) is 16.4. The number of hydrogen-bond acceptors (Lipinski definition) is 5. The number of benzene rings is 1. The van der Waals surface area contributed by atoms with Gasteiger partial charge < -0.3 is 15.4 Å². The van der Waals surface area contributed by atoms with Crippen LogP contribution in [-0.2, 0) is 4.79 Å². The fraction of sp³-hybridized carbons (Fsp3) is 0.235. The predicted molar refractivity (Wildman–Crippen MR) is 90.0 cm³/mol. The van der Waals surface area contributed by atoms with E-state index in [9.17, 15) is 4.79 Å². The fourth-order valence-electron chi connectivity index (χ4n) is 2.67. The SMILES string of the molecule is O=C1CCOc2cccc(c2)-c2cnn3ccc(nc23)NCCN1. The van der Waals surface area contributed by atoms with E-state index in [0.717, 1.165) is 28.3 Å². The Hall–Kier alpha value is -3.09. The molecule has 0 saturated heterocycles. The summed E-state index contributed by atoms with van der Waals surface area (Å²) in [7, 11) is 0. The van der Waals surface area contributed by atoms with Gasteiger partial charge in [0.15, 0.2) is 5.65 Å². The third-order valence-electron chi connectivity index (χ3n) is 3.87. The summed E-state index contributed by atoms with van der Waals surface area (Å²) in [5, 5.41) is 10.4. The molecule has 4 bridgehead atoms. The first-order valence-corrected chi connectivity index (χ1v) is 7.88. The number of fused-ring (bicyclic) bond motifs is 4. The lowest BCUT2D eigenvalue weighted by molar-refractivity contribution is -0.121. The Balaban J connectivity index is 1.77. The molecule has 0 unspecified atom stereocenters. The van der Waals surface area contributed by atoms with Gasteiger partial charge in [-0.05, 0) is 23.8 Å². The van der Waals surface area contributed by atoms with Gasteiger partial charge in [0.2, 0.25) is 5.91 Å². The lowest BCUT2D eigenvalue weighted by Crippen LogP contribution is -2.29. The molecule has 1 aliphatic rings. The Labute approximate surface area is 138 Å². The monoisotopic (exact) mass is 323 g/mol. The summed E-state index contributed by atoms with van der Waals surface area (Å²) in [6.45, 7) is 1.48. The molecule has 1 aromatic carbocycles. The van der Waals surface area contributed by atoms with Crippen LogP contribution in [0.15, 0.2) is 42.7 Å². The zero-order valence-corrected chi connectivity index (χ0v) is 13.0. The minimum absolute atomic E-state index is 0.0251. The Morgan fingerprint density at radius 2 is 2.08 bits per heavy atom. The molecular formula is C17H17N5O2. The van der Waals surface area contributed by atoms with Crippen molar-refractivity contribution in [3.05, 3.63) is 42.7 Å². The molecule has 2 N–H and O–H groups in total. The number of ether oxygens (including phenoxy) is 1. The lowest BCUT2D eigenvalue weighted by Gasteiger charge is -2.08. The summed E-state index contributed by atoms with van der Waals surface area (Å²) in [6.07, 6.45) is 3.99. The van der Waals surface area contributed by atoms with Gasteiger partial charge in [-0.15, -0.1) is 0 Å². The summed E-state index contributed by atoms with van der Waals surface area (Å²) in [6, 6.07) is 9.61. The molecule has 0 atom stereocenters. The van der Waals surface area contributed by atoms with Gasteiger partial charge in [-0.3, -0.25) is 4.79 Å². The van der Waals surface area contributed by atoms with Gasteiger partial charge >= 0.3 is 0 Å². The Kier molecular flexibility index (Phi) is 3.74. The molecule has 24 heavy (non-hydrogen) atoms. The summed E-state index contributed by atoms with van der Waals surface area (Å²) >= 11 is 0. The van der Waals surface area contributed by atoms with Crippen LogP contribution < -0.4 is 15.4 Å². The number of carbonyl (C=O) groups is 1. The molecule has 0 saturated carbocycles. The van der Waals surface area contributed by atoms with Crippen LogP contribution in [0, 0.1) is 0 Å².